The third-order valence-corrected chi connectivity index (χ3v) is 7.30. The van der Waals surface area contributed by atoms with Gasteiger partial charge in [-0.3, -0.25) is 19.3 Å². The summed E-state index contributed by atoms with van der Waals surface area (Å²) in [5.41, 5.74) is 1.94. The Hall–Kier alpha value is -3.33. The Balaban J connectivity index is 1.50. The van der Waals surface area contributed by atoms with Gasteiger partial charge in [-0.1, -0.05) is 47.6 Å². The lowest BCUT2D eigenvalue weighted by Crippen LogP contribution is -2.41. The van der Waals surface area contributed by atoms with Crippen LogP contribution in [-0.2, 0) is 9.53 Å². The zero-order chi connectivity index (χ0) is 24.4. The summed E-state index contributed by atoms with van der Waals surface area (Å²) in [6.45, 7) is 1.78. The van der Waals surface area contributed by atoms with Gasteiger partial charge in [0.15, 0.2) is 0 Å². The quantitative estimate of drug-likeness (QED) is 0.560. The van der Waals surface area contributed by atoms with E-state index in [9.17, 15) is 14.4 Å². The minimum atomic E-state index is -0.397. The van der Waals surface area contributed by atoms with Crippen molar-refractivity contribution in [2.24, 2.45) is 0 Å². The molecule has 0 unspecified atom stereocenters. The molecule has 5 rings (SSSR count). The smallest absolute Gasteiger partial charge is 0.259 e. The van der Waals surface area contributed by atoms with E-state index in [1.54, 1.807) is 53.4 Å². The van der Waals surface area contributed by atoms with Crippen LogP contribution < -0.4 is 10.2 Å². The van der Waals surface area contributed by atoms with Crippen molar-refractivity contribution in [3.05, 3.63) is 82.9 Å². The first-order valence-corrected chi connectivity index (χ1v) is 12.3. The molecule has 0 aliphatic carbocycles. The van der Waals surface area contributed by atoms with Gasteiger partial charge in [0, 0.05) is 28.4 Å². The van der Waals surface area contributed by atoms with E-state index in [4.69, 9.17) is 16.3 Å². The highest BCUT2D eigenvalue weighted by molar-refractivity contribution is 7.99. The number of hydrogen-bond acceptors (Lipinski definition) is 5. The van der Waals surface area contributed by atoms with Crippen LogP contribution in [0.2, 0.25) is 5.02 Å². The van der Waals surface area contributed by atoms with Crippen LogP contribution >= 0.6 is 23.4 Å². The maximum atomic E-state index is 13.6. The molecule has 3 aromatic carbocycles. The average molecular weight is 508 g/mol. The zero-order valence-corrected chi connectivity index (χ0v) is 20.3. The minimum Gasteiger partial charge on any atom is -0.378 e. The monoisotopic (exact) mass is 507 g/mol. The third kappa shape index (κ3) is 4.91. The van der Waals surface area contributed by atoms with E-state index in [2.05, 4.69) is 5.32 Å². The summed E-state index contributed by atoms with van der Waals surface area (Å²) in [7, 11) is 0. The number of para-hydroxylation sites is 1. The van der Waals surface area contributed by atoms with Gasteiger partial charge in [0.05, 0.1) is 35.2 Å². The summed E-state index contributed by atoms with van der Waals surface area (Å²) >= 11 is 7.63. The van der Waals surface area contributed by atoms with E-state index < -0.39 is 5.91 Å². The Kier molecular flexibility index (Phi) is 6.77. The SMILES string of the molecule is O=C(CN1C(=O)c2ccccc2Sc2ccc(C(=O)N3CCOCC3)cc21)Nc1ccccc1Cl. The average Bonchev–Trinajstić information content (AvgIpc) is 2.99. The van der Waals surface area contributed by atoms with Crippen LogP contribution in [0.5, 0.6) is 0 Å². The Morgan fingerprint density at radius 3 is 2.51 bits per heavy atom. The number of nitrogens with zero attached hydrogens (tertiary/aromatic N) is 2. The molecule has 2 heterocycles. The molecule has 1 fully saturated rings. The Morgan fingerprint density at radius 1 is 0.971 bits per heavy atom. The number of morpholine rings is 1. The topological polar surface area (TPSA) is 79.0 Å². The molecule has 3 amide bonds. The normalized spacial score (nSPS) is 15.2. The van der Waals surface area contributed by atoms with Crippen LogP contribution in [0.4, 0.5) is 11.4 Å². The van der Waals surface area contributed by atoms with E-state index >= 15 is 0 Å². The summed E-state index contributed by atoms with van der Waals surface area (Å²) in [5, 5.41) is 3.19. The summed E-state index contributed by atoms with van der Waals surface area (Å²) in [4.78, 5) is 44.5. The molecule has 0 atom stereocenters. The van der Waals surface area contributed by atoms with Gasteiger partial charge in [-0.15, -0.1) is 0 Å². The Morgan fingerprint density at radius 2 is 1.71 bits per heavy atom. The van der Waals surface area contributed by atoms with E-state index in [0.29, 0.717) is 53.8 Å². The highest BCUT2D eigenvalue weighted by Crippen LogP contribution is 2.42. The third-order valence-electron chi connectivity index (χ3n) is 5.83. The second kappa shape index (κ2) is 10.1. The van der Waals surface area contributed by atoms with Crippen molar-refractivity contribution in [2.75, 3.05) is 43.1 Å². The molecule has 0 saturated carbocycles. The van der Waals surface area contributed by atoms with E-state index in [1.807, 2.05) is 18.2 Å². The lowest BCUT2D eigenvalue weighted by molar-refractivity contribution is -0.114. The van der Waals surface area contributed by atoms with Crippen LogP contribution in [0.1, 0.15) is 20.7 Å². The summed E-state index contributed by atoms with van der Waals surface area (Å²) < 4.78 is 5.36. The van der Waals surface area contributed by atoms with Gasteiger partial charge in [-0.25, -0.2) is 0 Å². The maximum Gasteiger partial charge on any atom is 0.259 e. The zero-order valence-electron chi connectivity index (χ0n) is 18.7. The highest BCUT2D eigenvalue weighted by atomic mass is 35.5. The number of anilines is 2. The molecular weight excluding hydrogens is 486 g/mol. The molecule has 35 heavy (non-hydrogen) atoms. The van der Waals surface area contributed by atoms with Gasteiger partial charge in [-0.05, 0) is 42.5 Å². The molecule has 0 spiro atoms. The predicted molar refractivity (Wildman–Crippen MR) is 135 cm³/mol. The van der Waals surface area contributed by atoms with Crippen LogP contribution in [0.3, 0.4) is 0 Å². The van der Waals surface area contributed by atoms with Gasteiger partial charge >= 0.3 is 0 Å². The van der Waals surface area contributed by atoms with Crippen molar-refractivity contribution in [1.82, 2.24) is 4.90 Å². The number of carbonyl (C=O) groups is 3. The second-order valence-electron chi connectivity index (χ2n) is 8.10. The second-order valence-corrected chi connectivity index (χ2v) is 9.60. The van der Waals surface area contributed by atoms with Crippen molar-refractivity contribution in [2.45, 2.75) is 9.79 Å². The molecular formula is C26H22ClN3O4S. The largest absolute Gasteiger partial charge is 0.378 e. The molecule has 2 aliphatic heterocycles. The van der Waals surface area contributed by atoms with Crippen molar-refractivity contribution >= 4 is 52.5 Å². The fourth-order valence-corrected chi connectivity index (χ4v) is 5.30. The van der Waals surface area contributed by atoms with Crippen molar-refractivity contribution in [3.8, 4) is 0 Å². The van der Waals surface area contributed by atoms with Crippen LogP contribution in [-0.4, -0.2) is 55.5 Å². The van der Waals surface area contributed by atoms with Crippen molar-refractivity contribution in [1.29, 1.82) is 0 Å². The van der Waals surface area contributed by atoms with Gasteiger partial charge in [0.1, 0.15) is 6.54 Å². The molecule has 9 heteroatoms. The number of nitrogens with one attached hydrogen (secondary N) is 1. The first-order chi connectivity index (χ1) is 17.0. The number of amides is 3. The highest BCUT2D eigenvalue weighted by Gasteiger charge is 2.30. The van der Waals surface area contributed by atoms with Gasteiger partial charge in [0.2, 0.25) is 5.91 Å². The predicted octanol–water partition coefficient (Wildman–Crippen LogP) is 4.56. The van der Waals surface area contributed by atoms with Gasteiger partial charge in [-0.2, -0.15) is 0 Å². The van der Waals surface area contributed by atoms with Crippen molar-refractivity contribution in [3.63, 3.8) is 0 Å². The van der Waals surface area contributed by atoms with Crippen LogP contribution in [0, 0.1) is 0 Å². The molecule has 1 N–H and O–H groups in total. The number of carbonyl (C=O) groups excluding carboxylic acids is 3. The summed E-state index contributed by atoms with van der Waals surface area (Å²) in [6, 6.07) is 19.5. The van der Waals surface area contributed by atoms with E-state index in [0.717, 1.165) is 9.79 Å². The maximum absolute atomic E-state index is 13.6. The van der Waals surface area contributed by atoms with E-state index in [1.165, 1.54) is 16.7 Å². The number of ether oxygens (including phenoxy) is 1. The van der Waals surface area contributed by atoms with Crippen LogP contribution in [0.15, 0.2) is 76.5 Å². The molecule has 178 valence electrons. The van der Waals surface area contributed by atoms with Gasteiger partial charge in [0.25, 0.3) is 11.8 Å². The van der Waals surface area contributed by atoms with Crippen LogP contribution in [0.25, 0.3) is 0 Å². The standard InChI is InChI=1S/C26H22ClN3O4S/c27-19-6-2-3-7-20(19)28-24(31)16-30-21-15-17(25(32)29-11-13-34-14-12-29)9-10-23(21)35-22-8-4-1-5-18(22)26(30)33/h1-10,15H,11-14,16H2,(H,28,31). The molecule has 0 bridgehead atoms. The van der Waals surface area contributed by atoms with E-state index in [-0.39, 0.29) is 18.4 Å². The number of benzene rings is 3. The Bertz CT molecular complexity index is 1310. The summed E-state index contributed by atoms with van der Waals surface area (Å²) in [5.74, 6) is -0.834. The van der Waals surface area contributed by atoms with Gasteiger partial charge < -0.3 is 15.0 Å². The molecule has 2 aliphatic rings. The number of halogens is 1. The summed E-state index contributed by atoms with van der Waals surface area (Å²) in [6.07, 6.45) is 0. The molecule has 0 radical (unpaired) electrons. The minimum absolute atomic E-state index is 0.129. The lowest BCUT2D eigenvalue weighted by Gasteiger charge is -2.28. The number of fused-ring (bicyclic) bond motifs is 2. The fourth-order valence-electron chi connectivity index (χ4n) is 4.06. The number of hydrogen-bond donors (Lipinski definition) is 1. The molecule has 7 nitrogen and oxygen atoms in total. The molecule has 3 aromatic rings. The lowest BCUT2D eigenvalue weighted by atomic mass is 10.1. The number of rotatable bonds is 4. The first kappa shape index (κ1) is 23.4. The first-order valence-electron chi connectivity index (χ1n) is 11.2. The fraction of sp³-hybridized carbons (Fsp3) is 0.192. The van der Waals surface area contributed by atoms with Crippen molar-refractivity contribution < 1.29 is 19.1 Å². The molecule has 1 saturated heterocycles. The Labute approximate surface area is 212 Å². The molecule has 0 aromatic heterocycles.